The van der Waals surface area contributed by atoms with E-state index in [4.69, 9.17) is 0 Å². The third kappa shape index (κ3) is 5.03. The van der Waals surface area contributed by atoms with Crippen molar-refractivity contribution in [1.29, 1.82) is 0 Å². The molecule has 32 heavy (non-hydrogen) atoms. The molecule has 2 heteroatoms. The molecule has 0 bridgehead atoms. The van der Waals surface area contributed by atoms with Gasteiger partial charge in [0.25, 0.3) is 0 Å². The zero-order valence-electron chi connectivity index (χ0n) is 21.2. The van der Waals surface area contributed by atoms with Gasteiger partial charge in [0, 0.05) is 0 Å². The molecule has 1 unspecified atom stereocenters. The van der Waals surface area contributed by atoms with E-state index in [1.54, 1.807) is 0 Å². The molecule has 0 heterocycles. The van der Waals surface area contributed by atoms with E-state index in [1.165, 1.54) is 33.4 Å². The SMILES string of the molecule is Cc1ccccc1C(P)(c1ccccc1C)c1ccccc1CP(C(C)(C)C)C(C)(C)C. The number of rotatable bonds is 5. The van der Waals surface area contributed by atoms with Gasteiger partial charge < -0.3 is 0 Å². The molecule has 170 valence electrons. The van der Waals surface area contributed by atoms with Gasteiger partial charge in [0.15, 0.2) is 0 Å². The molecule has 3 aromatic rings. The van der Waals surface area contributed by atoms with Crippen LogP contribution in [-0.2, 0) is 11.3 Å². The smallest absolute Gasteiger partial charge is 0.0599 e. The molecule has 0 nitrogen and oxygen atoms in total. The van der Waals surface area contributed by atoms with Crippen molar-refractivity contribution in [3.05, 3.63) is 106 Å². The molecule has 0 amide bonds. The summed E-state index contributed by atoms with van der Waals surface area (Å²) in [4.78, 5) is 0. The summed E-state index contributed by atoms with van der Waals surface area (Å²) in [6, 6.07) is 26.9. The van der Waals surface area contributed by atoms with E-state index in [1.807, 2.05) is 0 Å². The number of benzene rings is 3. The van der Waals surface area contributed by atoms with Gasteiger partial charge in [-0.05, 0) is 63.7 Å². The van der Waals surface area contributed by atoms with Gasteiger partial charge in [0.1, 0.15) is 0 Å². The Morgan fingerprint density at radius 2 is 0.969 bits per heavy atom. The van der Waals surface area contributed by atoms with Crippen LogP contribution in [0.15, 0.2) is 72.8 Å². The fraction of sp³-hybridized carbons (Fsp3) is 0.400. The van der Waals surface area contributed by atoms with Gasteiger partial charge in [0.05, 0.1) is 5.16 Å². The van der Waals surface area contributed by atoms with Gasteiger partial charge in [-0.3, -0.25) is 0 Å². The third-order valence-corrected chi connectivity index (χ3v) is 11.4. The molecule has 0 saturated carbocycles. The van der Waals surface area contributed by atoms with Crippen molar-refractivity contribution < 1.29 is 0 Å². The highest BCUT2D eigenvalue weighted by atomic mass is 31.1. The minimum atomic E-state index is -0.288. The zero-order chi connectivity index (χ0) is 23.7. The first-order chi connectivity index (χ1) is 14.9. The Hall–Kier alpha value is -1.48. The van der Waals surface area contributed by atoms with Crippen molar-refractivity contribution in [2.45, 2.75) is 77.0 Å². The zero-order valence-corrected chi connectivity index (χ0v) is 23.2. The average Bonchev–Trinajstić information content (AvgIpc) is 2.71. The molecule has 0 aliphatic heterocycles. The Morgan fingerprint density at radius 1 is 0.594 bits per heavy atom. The van der Waals surface area contributed by atoms with Crippen molar-refractivity contribution >= 4 is 17.2 Å². The second kappa shape index (κ2) is 9.41. The van der Waals surface area contributed by atoms with Crippen LogP contribution in [0.4, 0.5) is 0 Å². The van der Waals surface area contributed by atoms with Gasteiger partial charge in [-0.25, -0.2) is 0 Å². The van der Waals surface area contributed by atoms with Crippen LogP contribution < -0.4 is 0 Å². The highest BCUT2D eigenvalue weighted by molar-refractivity contribution is 7.60. The van der Waals surface area contributed by atoms with Crippen molar-refractivity contribution in [1.82, 2.24) is 0 Å². The summed E-state index contributed by atoms with van der Waals surface area (Å²) in [5.74, 6) is 0. The topological polar surface area (TPSA) is 0 Å². The lowest BCUT2D eigenvalue weighted by Crippen LogP contribution is -2.28. The largest absolute Gasteiger partial charge is 0.117 e. The summed E-state index contributed by atoms with van der Waals surface area (Å²) < 4.78 is 0. The molecule has 1 atom stereocenters. The van der Waals surface area contributed by atoms with Crippen LogP contribution in [-0.4, -0.2) is 10.3 Å². The lowest BCUT2D eigenvalue weighted by molar-refractivity contribution is 0.701. The first-order valence-corrected chi connectivity index (χ1v) is 13.7. The first-order valence-electron chi connectivity index (χ1n) is 11.6. The van der Waals surface area contributed by atoms with Crippen LogP contribution in [0, 0.1) is 13.8 Å². The van der Waals surface area contributed by atoms with Crippen molar-refractivity contribution in [3.8, 4) is 0 Å². The minimum absolute atomic E-state index is 0.245. The molecule has 0 fully saturated rings. The molecular weight excluding hydrogens is 422 g/mol. The van der Waals surface area contributed by atoms with Crippen LogP contribution in [0.3, 0.4) is 0 Å². The van der Waals surface area contributed by atoms with Crippen LogP contribution in [0.2, 0.25) is 0 Å². The molecule has 3 aromatic carbocycles. The van der Waals surface area contributed by atoms with Crippen molar-refractivity contribution in [3.63, 3.8) is 0 Å². The van der Waals surface area contributed by atoms with E-state index >= 15 is 0 Å². The predicted octanol–water partition coefficient (Wildman–Crippen LogP) is 9.05. The predicted molar refractivity (Wildman–Crippen MR) is 149 cm³/mol. The fourth-order valence-corrected chi connectivity index (χ4v) is 9.67. The van der Waals surface area contributed by atoms with Crippen molar-refractivity contribution in [2.75, 3.05) is 0 Å². The lowest BCUT2D eigenvalue weighted by Gasteiger charge is -2.43. The number of hydrogen-bond donors (Lipinski definition) is 0. The average molecular weight is 463 g/mol. The van der Waals surface area contributed by atoms with Gasteiger partial charge >= 0.3 is 0 Å². The van der Waals surface area contributed by atoms with Crippen LogP contribution in [0.5, 0.6) is 0 Å². The van der Waals surface area contributed by atoms with E-state index in [9.17, 15) is 0 Å². The van der Waals surface area contributed by atoms with Gasteiger partial charge in [-0.1, -0.05) is 122 Å². The molecule has 0 saturated heterocycles. The summed E-state index contributed by atoms with van der Waals surface area (Å²) in [6.07, 6.45) is 1.13. The van der Waals surface area contributed by atoms with E-state index in [0.29, 0.717) is 0 Å². The second-order valence-corrected chi connectivity index (χ2v) is 15.7. The Balaban J connectivity index is 2.29. The highest BCUT2D eigenvalue weighted by Gasteiger charge is 2.39. The van der Waals surface area contributed by atoms with Crippen LogP contribution in [0.25, 0.3) is 0 Å². The Morgan fingerprint density at radius 3 is 1.38 bits per heavy atom. The monoisotopic (exact) mass is 462 g/mol. The highest BCUT2D eigenvalue weighted by Crippen LogP contribution is 2.62. The quantitative estimate of drug-likeness (QED) is 0.262. The Bertz CT molecular complexity index is 1010. The van der Waals surface area contributed by atoms with E-state index in [-0.39, 0.29) is 23.4 Å². The standard InChI is InChI=1S/C30H40P2/c1-22-15-9-12-18-25(22)30(31,26-19-13-10-16-23(26)2)27-20-14-11-17-24(27)21-32(28(3,4)5)29(6,7)8/h9-20H,21,31H2,1-8H3. The summed E-state index contributed by atoms with van der Waals surface area (Å²) in [5.41, 5.74) is 8.27. The normalized spacial score (nSPS) is 12.9. The maximum Gasteiger partial charge on any atom is 0.0599 e. The Kier molecular flexibility index (Phi) is 7.39. The van der Waals surface area contributed by atoms with Gasteiger partial charge in [0.2, 0.25) is 0 Å². The maximum atomic E-state index is 3.29. The maximum absolute atomic E-state index is 3.29. The molecule has 0 aliphatic rings. The van der Waals surface area contributed by atoms with Crippen LogP contribution >= 0.6 is 17.2 Å². The molecule has 0 N–H and O–H groups in total. The fourth-order valence-electron chi connectivity index (χ4n) is 5.16. The first kappa shape index (κ1) is 25.1. The second-order valence-electron chi connectivity index (χ2n) is 11.0. The summed E-state index contributed by atoms with van der Waals surface area (Å²) in [6.45, 7) is 19.0. The molecule has 0 aromatic heterocycles. The number of aryl methyl sites for hydroxylation is 2. The van der Waals surface area contributed by atoms with E-state index in [0.717, 1.165) is 6.16 Å². The lowest BCUT2D eigenvalue weighted by atomic mass is 9.78. The molecule has 0 spiro atoms. The molecule has 0 radical (unpaired) electrons. The van der Waals surface area contributed by atoms with E-state index in [2.05, 4.69) is 137 Å². The molecule has 3 rings (SSSR count). The summed E-state index contributed by atoms with van der Waals surface area (Å²) >= 11 is 0. The van der Waals surface area contributed by atoms with Crippen LogP contribution in [0.1, 0.15) is 74.9 Å². The van der Waals surface area contributed by atoms with E-state index < -0.39 is 0 Å². The molecule has 0 aliphatic carbocycles. The minimum Gasteiger partial charge on any atom is -0.117 e. The van der Waals surface area contributed by atoms with Crippen molar-refractivity contribution in [2.24, 2.45) is 0 Å². The summed E-state index contributed by atoms with van der Waals surface area (Å²) in [7, 11) is 3.05. The molecular formula is C30H40P2. The number of hydrogen-bond acceptors (Lipinski definition) is 0. The van der Waals surface area contributed by atoms with Gasteiger partial charge in [-0.15, -0.1) is 9.24 Å². The summed E-state index contributed by atoms with van der Waals surface area (Å²) in [5, 5.41) is 0.287. The third-order valence-electron chi connectivity index (χ3n) is 6.53. The van der Waals surface area contributed by atoms with Gasteiger partial charge in [-0.2, -0.15) is 0 Å². The Labute approximate surface area is 200 Å².